The Labute approximate surface area is 153 Å². The molecular formula is C15H16ClN3OS3. The number of thioether (sulfide) groups is 1. The van der Waals surface area contributed by atoms with Gasteiger partial charge in [-0.3, -0.25) is 4.79 Å². The predicted octanol–water partition coefficient (Wildman–Crippen LogP) is 4.42. The van der Waals surface area contributed by atoms with Gasteiger partial charge in [0, 0.05) is 18.1 Å². The number of carbonyl (C=O) groups excluding carboxylic acids is 1. The van der Waals surface area contributed by atoms with Crippen LogP contribution in [0.3, 0.4) is 0 Å². The lowest BCUT2D eigenvalue weighted by molar-refractivity contribution is -0.129. The van der Waals surface area contributed by atoms with Gasteiger partial charge in [-0.15, -0.1) is 5.10 Å². The summed E-state index contributed by atoms with van der Waals surface area (Å²) in [5.74, 6) is 0.187. The second-order valence-corrected chi connectivity index (χ2v) is 8.96. The molecule has 0 spiro atoms. The first kappa shape index (κ1) is 17.0. The van der Waals surface area contributed by atoms with Gasteiger partial charge in [-0.1, -0.05) is 34.7 Å². The molecule has 8 heteroatoms. The molecule has 1 unspecified atom stereocenters. The predicted molar refractivity (Wildman–Crippen MR) is 98.4 cm³/mol. The van der Waals surface area contributed by atoms with Crippen molar-refractivity contribution in [2.45, 2.75) is 29.4 Å². The van der Waals surface area contributed by atoms with E-state index in [1.165, 1.54) is 23.1 Å². The van der Waals surface area contributed by atoms with Gasteiger partial charge in [0.25, 0.3) is 0 Å². The molecule has 1 amide bonds. The Morgan fingerprint density at radius 3 is 2.65 bits per heavy atom. The molecule has 23 heavy (non-hydrogen) atoms. The monoisotopic (exact) mass is 385 g/mol. The Morgan fingerprint density at radius 2 is 2.00 bits per heavy atom. The van der Waals surface area contributed by atoms with Gasteiger partial charge in [0.2, 0.25) is 5.91 Å². The second kappa shape index (κ2) is 7.34. The topological polar surface area (TPSA) is 38.1 Å². The highest BCUT2D eigenvalue weighted by atomic mass is 35.5. The van der Waals surface area contributed by atoms with Gasteiger partial charge in [-0.05, 0) is 56.2 Å². The van der Waals surface area contributed by atoms with Crippen LogP contribution in [-0.4, -0.2) is 38.9 Å². The van der Waals surface area contributed by atoms with Gasteiger partial charge >= 0.3 is 0 Å². The van der Waals surface area contributed by atoms with E-state index in [-0.39, 0.29) is 11.2 Å². The average Bonchev–Trinajstić information content (AvgIpc) is 3.17. The number of likely N-dealkylation sites (tertiary alicyclic amines) is 1. The van der Waals surface area contributed by atoms with Crippen LogP contribution in [0.2, 0.25) is 5.02 Å². The number of nitrogens with zero attached hydrogens (tertiary/aromatic N) is 3. The van der Waals surface area contributed by atoms with Crippen molar-refractivity contribution in [2.24, 2.45) is 0 Å². The third kappa shape index (κ3) is 3.96. The molecule has 1 aliphatic rings. The maximum Gasteiger partial charge on any atom is 0.235 e. The number of amides is 1. The normalized spacial score (nSPS) is 15.8. The van der Waals surface area contributed by atoms with E-state index in [0.717, 1.165) is 36.0 Å². The minimum atomic E-state index is -0.146. The molecule has 1 aromatic carbocycles. The molecule has 1 fully saturated rings. The van der Waals surface area contributed by atoms with Crippen LogP contribution in [0.4, 0.5) is 0 Å². The van der Waals surface area contributed by atoms with Crippen LogP contribution in [0.25, 0.3) is 5.69 Å². The smallest absolute Gasteiger partial charge is 0.235 e. The van der Waals surface area contributed by atoms with Gasteiger partial charge in [0.15, 0.2) is 8.29 Å². The maximum atomic E-state index is 12.4. The molecule has 0 saturated carbocycles. The van der Waals surface area contributed by atoms with Crippen molar-refractivity contribution in [2.75, 3.05) is 13.1 Å². The summed E-state index contributed by atoms with van der Waals surface area (Å²) >= 11 is 14.2. The van der Waals surface area contributed by atoms with Crippen LogP contribution in [0.5, 0.6) is 0 Å². The van der Waals surface area contributed by atoms with Crippen LogP contribution in [-0.2, 0) is 4.79 Å². The molecule has 0 radical (unpaired) electrons. The third-order valence-electron chi connectivity index (χ3n) is 3.64. The highest BCUT2D eigenvalue weighted by Crippen LogP contribution is 2.29. The van der Waals surface area contributed by atoms with Gasteiger partial charge < -0.3 is 4.90 Å². The van der Waals surface area contributed by atoms with E-state index in [4.69, 9.17) is 23.8 Å². The number of hydrogen-bond acceptors (Lipinski definition) is 5. The van der Waals surface area contributed by atoms with E-state index >= 15 is 0 Å². The number of rotatable bonds is 4. The summed E-state index contributed by atoms with van der Waals surface area (Å²) in [6.07, 6.45) is 2.21. The lowest BCUT2D eigenvalue weighted by Crippen LogP contribution is -2.33. The maximum absolute atomic E-state index is 12.4. The molecule has 1 atom stereocenters. The molecule has 0 bridgehead atoms. The van der Waals surface area contributed by atoms with Crippen molar-refractivity contribution < 1.29 is 4.79 Å². The molecule has 1 aliphatic heterocycles. The standard InChI is InChI=1S/C15H16ClN3OS3/c1-10(13(20)18-8-2-3-9-18)22-14-17-19(15(21)23-14)12-6-4-11(16)5-7-12/h4-7,10H,2-3,8-9H2,1H3. The highest BCUT2D eigenvalue weighted by Gasteiger charge is 2.25. The first-order chi connectivity index (χ1) is 11.0. The summed E-state index contributed by atoms with van der Waals surface area (Å²) in [5, 5.41) is 5.07. The summed E-state index contributed by atoms with van der Waals surface area (Å²) in [4.78, 5) is 14.3. The number of aromatic nitrogens is 2. The first-order valence-electron chi connectivity index (χ1n) is 7.36. The molecule has 1 saturated heterocycles. The van der Waals surface area contributed by atoms with Crippen molar-refractivity contribution in [1.82, 2.24) is 14.7 Å². The molecule has 0 N–H and O–H groups in total. The third-order valence-corrected chi connectivity index (χ3v) is 6.30. The van der Waals surface area contributed by atoms with Crippen molar-refractivity contribution in [1.29, 1.82) is 0 Å². The molecule has 2 heterocycles. The van der Waals surface area contributed by atoms with E-state index in [2.05, 4.69) is 5.10 Å². The van der Waals surface area contributed by atoms with E-state index in [1.54, 1.807) is 4.68 Å². The first-order valence-corrected chi connectivity index (χ1v) is 9.84. The molecule has 122 valence electrons. The second-order valence-electron chi connectivity index (χ2n) is 5.31. The van der Waals surface area contributed by atoms with Crippen LogP contribution in [0.15, 0.2) is 28.6 Å². The van der Waals surface area contributed by atoms with Crippen molar-refractivity contribution >= 4 is 52.8 Å². The minimum Gasteiger partial charge on any atom is -0.342 e. The Morgan fingerprint density at radius 1 is 1.35 bits per heavy atom. The molecule has 3 rings (SSSR count). The van der Waals surface area contributed by atoms with Crippen LogP contribution >= 0.6 is 46.9 Å². The molecular weight excluding hydrogens is 370 g/mol. The van der Waals surface area contributed by atoms with Crippen molar-refractivity contribution in [3.05, 3.63) is 33.2 Å². The Balaban J connectivity index is 1.74. The number of hydrogen-bond donors (Lipinski definition) is 0. The largest absolute Gasteiger partial charge is 0.342 e. The molecule has 0 aliphatic carbocycles. The summed E-state index contributed by atoms with van der Waals surface area (Å²) in [6, 6.07) is 7.38. The Kier molecular flexibility index (Phi) is 5.41. The van der Waals surface area contributed by atoms with Gasteiger partial charge in [-0.2, -0.15) is 0 Å². The zero-order chi connectivity index (χ0) is 16.4. The van der Waals surface area contributed by atoms with Gasteiger partial charge in [0.05, 0.1) is 10.9 Å². The van der Waals surface area contributed by atoms with Crippen molar-refractivity contribution in [3.63, 3.8) is 0 Å². The lowest BCUT2D eigenvalue weighted by atomic mass is 10.3. The van der Waals surface area contributed by atoms with E-state index in [9.17, 15) is 4.79 Å². The number of carbonyl (C=O) groups is 1. The van der Waals surface area contributed by atoms with Crippen molar-refractivity contribution in [3.8, 4) is 5.69 Å². The van der Waals surface area contributed by atoms with E-state index in [1.807, 2.05) is 36.1 Å². The van der Waals surface area contributed by atoms with E-state index < -0.39 is 0 Å². The summed E-state index contributed by atoms with van der Waals surface area (Å²) < 4.78 is 3.19. The molecule has 4 nitrogen and oxygen atoms in total. The average molecular weight is 386 g/mol. The fourth-order valence-corrected chi connectivity index (χ4v) is 5.17. The fraction of sp³-hybridized carbons (Fsp3) is 0.400. The number of benzene rings is 1. The molecule has 2 aromatic rings. The molecule has 1 aromatic heterocycles. The quantitative estimate of drug-likeness (QED) is 0.576. The summed E-state index contributed by atoms with van der Waals surface area (Å²) in [5.41, 5.74) is 0.876. The zero-order valence-corrected chi connectivity index (χ0v) is 15.8. The van der Waals surface area contributed by atoms with Gasteiger partial charge in [0.1, 0.15) is 0 Å². The number of halogens is 1. The van der Waals surface area contributed by atoms with Crippen LogP contribution < -0.4 is 0 Å². The van der Waals surface area contributed by atoms with Gasteiger partial charge in [-0.25, -0.2) is 4.68 Å². The highest BCUT2D eigenvalue weighted by molar-refractivity contribution is 8.02. The Bertz CT molecular complexity index is 750. The van der Waals surface area contributed by atoms with Crippen LogP contribution in [0, 0.1) is 3.95 Å². The van der Waals surface area contributed by atoms with Crippen LogP contribution in [0.1, 0.15) is 19.8 Å². The lowest BCUT2D eigenvalue weighted by Gasteiger charge is -2.18. The minimum absolute atomic E-state index is 0.146. The zero-order valence-electron chi connectivity index (χ0n) is 12.6. The summed E-state index contributed by atoms with van der Waals surface area (Å²) in [6.45, 7) is 3.68. The SMILES string of the molecule is CC(Sc1nn(-c2ccc(Cl)cc2)c(=S)s1)C(=O)N1CCCC1. The summed E-state index contributed by atoms with van der Waals surface area (Å²) in [7, 11) is 0. The fourth-order valence-electron chi connectivity index (χ4n) is 2.45. The Hall–Kier alpha value is -0.890. The van der Waals surface area contributed by atoms with E-state index in [0.29, 0.717) is 8.98 Å².